The number of carbonyl (C=O) groups is 1. The lowest BCUT2D eigenvalue weighted by Gasteiger charge is -2.14. The predicted molar refractivity (Wildman–Crippen MR) is 109 cm³/mol. The fourth-order valence-electron chi connectivity index (χ4n) is 2.94. The van der Waals surface area contributed by atoms with Crippen LogP contribution in [0.5, 0.6) is 5.75 Å². The molecule has 0 aliphatic carbocycles. The maximum atomic E-state index is 12.1. The normalized spacial score (nSPS) is 18.6. The van der Waals surface area contributed by atoms with Crippen LogP contribution in [0.15, 0.2) is 48.5 Å². The van der Waals surface area contributed by atoms with E-state index >= 15 is 0 Å². The SMILES string of the molecule is Cl.O=C(Cc1cccc(OCc2ccccc2Cl)c1)NCC1CNCC1O. The number of carbonyl (C=O) groups excluding carboxylic acids is 1. The van der Waals surface area contributed by atoms with Crippen molar-refractivity contribution in [3.63, 3.8) is 0 Å². The molecule has 3 N–H and O–H groups in total. The maximum absolute atomic E-state index is 12.1. The van der Waals surface area contributed by atoms with Crippen LogP contribution in [0.4, 0.5) is 0 Å². The maximum Gasteiger partial charge on any atom is 0.224 e. The Morgan fingerprint density at radius 3 is 2.78 bits per heavy atom. The number of hydrogen-bond acceptors (Lipinski definition) is 4. The molecule has 7 heteroatoms. The fourth-order valence-corrected chi connectivity index (χ4v) is 3.13. The standard InChI is InChI=1S/C20H23ClN2O3.ClH/c21-18-7-2-1-5-15(18)13-26-17-6-3-4-14(8-17)9-20(25)23-11-16-10-22-12-19(16)24;/h1-8,16,19,22,24H,9-13H2,(H,23,25);1H. The minimum Gasteiger partial charge on any atom is -0.489 e. The third-order valence-electron chi connectivity index (χ3n) is 4.48. The molecule has 27 heavy (non-hydrogen) atoms. The molecule has 0 bridgehead atoms. The first kappa shape index (κ1) is 21.5. The van der Waals surface area contributed by atoms with Crippen molar-refractivity contribution in [2.24, 2.45) is 5.92 Å². The topological polar surface area (TPSA) is 70.6 Å². The average Bonchev–Trinajstić information content (AvgIpc) is 3.05. The number of rotatable bonds is 7. The molecule has 0 aromatic heterocycles. The summed E-state index contributed by atoms with van der Waals surface area (Å²) in [6.45, 7) is 2.18. The Bertz CT molecular complexity index is 758. The number of halogens is 2. The number of β-amino-alcohol motifs (C(OH)–C–C–N with tert-alkyl or cyclic N) is 1. The first-order chi connectivity index (χ1) is 12.6. The second-order valence-corrected chi connectivity index (χ2v) is 6.90. The van der Waals surface area contributed by atoms with Crippen molar-refractivity contribution in [3.8, 4) is 5.75 Å². The van der Waals surface area contributed by atoms with Gasteiger partial charge in [-0.1, -0.05) is 41.9 Å². The van der Waals surface area contributed by atoms with E-state index < -0.39 is 6.10 Å². The highest BCUT2D eigenvalue weighted by Crippen LogP contribution is 2.19. The van der Waals surface area contributed by atoms with Gasteiger partial charge in [0.25, 0.3) is 0 Å². The van der Waals surface area contributed by atoms with Gasteiger partial charge in [-0.3, -0.25) is 4.79 Å². The Balaban J connectivity index is 0.00000261. The summed E-state index contributed by atoms with van der Waals surface area (Å²) in [5.41, 5.74) is 1.80. The Hall–Kier alpha value is -1.79. The third-order valence-corrected chi connectivity index (χ3v) is 4.85. The Morgan fingerprint density at radius 2 is 2.04 bits per heavy atom. The minimum absolute atomic E-state index is 0. The predicted octanol–water partition coefficient (Wildman–Crippen LogP) is 2.58. The second-order valence-electron chi connectivity index (χ2n) is 6.49. The van der Waals surface area contributed by atoms with Gasteiger partial charge in [0.15, 0.2) is 0 Å². The molecule has 146 valence electrons. The van der Waals surface area contributed by atoms with Gasteiger partial charge in [-0.05, 0) is 23.8 Å². The molecule has 1 saturated heterocycles. The Kier molecular flexibility index (Phi) is 8.38. The van der Waals surface area contributed by atoms with Crippen LogP contribution in [0.25, 0.3) is 0 Å². The molecule has 2 aromatic carbocycles. The van der Waals surface area contributed by atoms with E-state index in [9.17, 15) is 9.90 Å². The van der Waals surface area contributed by atoms with E-state index in [4.69, 9.17) is 16.3 Å². The highest BCUT2D eigenvalue weighted by molar-refractivity contribution is 6.31. The van der Waals surface area contributed by atoms with Crippen LogP contribution >= 0.6 is 24.0 Å². The number of benzene rings is 2. The molecule has 1 amide bonds. The monoisotopic (exact) mass is 410 g/mol. The molecule has 3 rings (SSSR count). The van der Waals surface area contributed by atoms with Crippen LogP contribution < -0.4 is 15.4 Å². The molecular formula is C20H24Cl2N2O3. The Labute approximate surface area is 170 Å². The summed E-state index contributed by atoms with van der Waals surface area (Å²) in [5, 5.41) is 16.4. The van der Waals surface area contributed by atoms with E-state index in [0.717, 1.165) is 17.7 Å². The summed E-state index contributed by atoms with van der Waals surface area (Å²) in [6, 6.07) is 15.0. The minimum atomic E-state index is -0.392. The number of nitrogens with one attached hydrogen (secondary N) is 2. The number of aliphatic hydroxyl groups excluding tert-OH is 1. The van der Waals surface area contributed by atoms with Crippen molar-refractivity contribution >= 4 is 29.9 Å². The second kappa shape index (κ2) is 10.5. The Morgan fingerprint density at radius 1 is 1.22 bits per heavy atom. The van der Waals surface area contributed by atoms with Crippen LogP contribution in [0.1, 0.15) is 11.1 Å². The van der Waals surface area contributed by atoms with Crippen molar-refractivity contribution in [1.29, 1.82) is 0 Å². The molecule has 2 unspecified atom stereocenters. The van der Waals surface area contributed by atoms with E-state index in [1.165, 1.54) is 0 Å². The van der Waals surface area contributed by atoms with Gasteiger partial charge in [-0.15, -0.1) is 12.4 Å². The molecule has 0 spiro atoms. The summed E-state index contributed by atoms with van der Waals surface area (Å²) in [7, 11) is 0. The molecular weight excluding hydrogens is 387 g/mol. The molecule has 1 fully saturated rings. The first-order valence-corrected chi connectivity index (χ1v) is 9.10. The van der Waals surface area contributed by atoms with E-state index in [2.05, 4.69) is 10.6 Å². The lowest BCUT2D eigenvalue weighted by molar-refractivity contribution is -0.120. The quantitative estimate of drug-likeness (QED) is 0.655. The lowest BCUT2D eigenvalue weighted by atomic mass is 10.1. The summed E-state index contributed by atoms with van der Waals surface area (Å²) < 4.78 is 5.79. The summed E-state index contributed by atoms with van der Waals surface area (Å²) in [6.07, 6.45) is -0.114. The van der Waals surface area contributed by atoms with Crippen molar-refractivity contribution in [2.75, 3.05) is 19.6 Å². The van der Waals surface area contributed by atoms with Gasteiger partial charge in [0, 0.05) is 36.1 Å². The molecule has 5 nitrogen and oxygen atoms in total. The van der Waals surface area contributed by atoms with Gasteiger partial charge >= 0.3 is 0 Å². The molecule has 1 aliphatic heterocycles. The van der Waals surface area contributed by atoms with E-state index in [1.807, 2.05) is 48.5 Å². The molecule has 1 heterocycles. The van der Waals surface area contributed by atoms with Crippen molar-refractivity contribution in [1.82, 2.24) is 10.6 Å². The van der Waals surface area contributed by atoms with Gasteiger partial charge < -0.3 is 20.5 Å². The molecule has 2 atom stereocenters. The van der Waals surface area contributed by atoms with E-state index in [1.54, 1.807) is 0 Å². The number of amides is 1. The van der Waals surface area contributed by atoms with Gasteiger partial charge in [0.2, 0.25) is 5.91 Å². The van der Waals surface area contributed by atoms with Crippen molar-refractivity contribution < 1.29 is 14.6 Å². The van der Waals surface area contributed by atoms with Crippen molar-refractivity contribution in [2.45, 2.75) is 19.1 Å². The number of aliphatic hydroxyl groups is 1. The van der Waals surface area contributed by atoms with Crippen LogP contribution in [0.3, 0.4) is 0 Å². The number of ether oxygens (including phenoxy) is 1. The highest BCUT2D eigenvalue weighted by atomic mass is 35.5. The van der Waals surface area contributed by atoms with E-state index in [-0.39, 0.29) is 30.7 Å². The van der Waals surface area contributed by atoms with Gasteiger partial charge in [-0.25, -0.2) is 0 Å². The largest absolute Gasteiger partial charge is 0.489 e. The first-order valence-electron chi connectivity index (χ1n) is 8.72. The summed E-state index contributed by atoms with van der Waals surface area (Å²) >= 11 is 6.13. The fraction of sp³-hybridized carbons (Fsp3) is 0.350. The average molecular weight is 411 g/mol. The molecule has 0 radical (unpaired) electrons. The number of hydrogen-bond donors (Lipinski definition) is 3. The zero-order chi connectivity index (χ0) is 18.4. The lowest BCUT2D eigenvalue weighted by Crippen LogP contribution is -2.35. The summed E-state index contributed by atoms with van der Waals surface area (Å²) in [4.78, 5) is 12.1. The van der Waals surface area contributed by atoms with Crippen LogP contribution in [0, 0.1) is 5.92 Å². The van der Waals surface area contributed by atoms with Gasteiger partial charge in [0.1, 0.15) is 12.4 Å². The van der Waals surface area contributed by atoms with Crippen molar-refractivity contribution in [3.05, 3.63) is 64.7 Å². The molecule has 1 aliphatic rings. The van der Waals surface area contributed by atoms with Gasteiger partial charge in [0.05, 0.1) is 12.5 Å². The van der Waals surface area contributed by atoms with Crippen LogP contribution in [-0.2, 0) is 17.8 Å². The zero-order valence-corrected chi connectivity index (χ0v) is 16.4. The highest BCUT2D eigenvalue weighted by Gasteiger charge is 2.24. The van der Waals surface area contributed by atoms with Crippen LogP contribution in [-0.4, -0.2) is 36.8 Å². The molecule has 0 saturated carbocycles. The summed E-state index contributed by atoms with van der Waals surface area (Å²) in [5.74, 6) is 0.710. The molecule has 2 aromatic rings. The zero-order valence-electron chi connectivity index (χ0n) is 14.9. The third kappa shape index (κ3) is 6.40. The van der Waals surface area contributed by atoms with E-state index in [0.29, 0.717) is 30.5 Å². The smallest absolute Gasteiger partial charge is 0.224 e. The van der Waals surface area contributed by atoms with Gasteiger partial charge in [-0.2, -0.15) is 0 Å². The van der Waals surface area contributed by atoms with Crippen LogP contribution in [0.2, 0.25) is 5.02 Å².